The van der Waals surface area contributed by atoms with E-state index in [9.17, 15) is 0 Å². The van der Waals surface area contributed by atoms with Crippen molar-refractivity contribution in [3.63, 3.8) is 0 Å². The zero-order valence-corrected chi connectivity index (χ0v) is 13.8. The molecule has 2 rings (SSSR count). The van der Waals surface area contributed by atoms with Crippen LogP contribution < -0.4 is 5.32 Å². The van der Waals surface area contributed by atoms with Gasteiger partial charge in [0.1, 0.15) is 0 Å². The first kappa shape index (κ1) is 16.8. The summed E-state index contributed by atoms with van der Waals surface area (Å²) in [5, 5.41) is 17.5. The predicted molar refractivity (Wildman–Crippen MR) is 95.6 cm³/mol. The van der Waals surface area contributed by atoms with Gasteiger partial charge in [0.2, 0.25) is 0 Å². The van der Waals surface area contributed by atoms with Gasteiger partial charge in [0.05, 0.1) is 24.1 Å². The fourth-order valence-electron chi connectivity index (χ4n) is 2.32. The molecule has 1 unspecified atom stereocenters. The number of unbranched alkanes of at least 4 members (excludes halogenated alkanes) is 2. The minimum Gasteiger partial charge on any atom is -0.380 e. The third-order valence-electron chi connectivity index (χ3n) is 3.70. The second-order valence-electron chi connectivity index (χ2n) is 5.44. The van der Waals surface area contributed by atoms with Gasteiger partial charge in [-0.05, 0) is 31.7 Å². The van der Waals surface area contributed by atoms with Crippen LogP contribution in [0.3, 0.4) is 0 Å². The Bertz CT molecular complexity index is 663. The molecule has 2 aromatic heterocycles. The molecule has 5 nitrogen and oxygen atoms in total. The molecule has 0 aliphatic rings. The summed E-state index contributed by atoms with van der Waals surface area (Å²) in [5.74, 6) is 0. The Labute approximate surface area is 137 Å². The number of aryl methyl sites for hydroxylation is 1. The number of nitrogens with zero attached hydrogens (tertiary/aromatic N) is 2. The maximum atomic E-state index is 4.12. The molecule has 0 fully saturated rings. The van der Waals surface area contributed by atoms with Crippen molar-refractivity contribution in [2.75, 3.05) is 0 Å². The van der Waals surface area contributed by atoms with E-state index in [-0.39, 0.29) is 6.04 Å². The second-order valence-corrected chi connectivity index (χ2v) is 5.44. The van der Waals surface area contributed by atoms with E-state index in [0.29, 0.717) is 0 Å². The molecule has 0 spiro atoms. The van der Waals surface area contributed by atoms with Crippen molar-refractivity contribution in [3.8, 4) is 0 Å². The van der Waals surface area contributed by atoms with Gasteiger partial charge in [-0.2, -0.15) is 10.2 Å². The monoisotopic (exact) mass is 311 g/mol. The number of nitrogens with one attached hydrogen (secondary N) is 3. The molecule has 0 aromatic carbocycles. The van der Waals surface area contributed by atoms with Crippen molar-refractivity contribution < 1.29 is 0 Å². The van der Waals surface area contributed by atoms with E-state index >= 15 is 0 Å². The van der Waals surface area contributed by atoms with Gasteiger partial charge >= 0.3 is 0 Å². The highest BCUT2D eigenvalue weighted by atomic mass is 15.1. The molecular weight excluding hydrogens is 286 g/mol. The summed E-state index contributed by atoms with van der Waals surface area (Å²) < 4.78 is 0. The van der Waals surface area contributed by atoms with Crippen LogP contribution in [0, 0.1) is 6.92 Å². The van der Waals surface area contributed by atoms with E-state index in [1.54, 1.807) is 12.3 Å². The van der Waals surface area contributed by atoms with Crippen molar-refractivity contribution in [3.05, 3.63) is 59.8 Å². The standard InChI is InChI=1S/C18H25N5/c1-4-6-7-8-9-18(16-13-21-22-14(16)3)19-11-10-15-12-20-23-17(15)5-2/h5,8-13,18-19H,2,4,6-7H2,1,3H3,(H,20,23)(H,21,22)/b9-8+,11-10+. The van der Waals surface area contributed by atoms with E-state index in [1.807, 2.05) is 25.4 Å². The van der Waals surface area contributed by atoms with E-state index in [1.165, 1.54) is 12.8 Å². The van der Waals surface area contributed by atoms with Crippen LogP contribution >= 0.6 is 0 Å². The van der Waals surface area contributed by atoms with Crippen molar-refractivity contribution in [2.45, 2.75) is 39.2 Å². The van der Waals surface area contributed by atoms with Crippen LogP contribution in [0.2, 0.25) is 0 Å². The van der Waals surface area contributed by atoms with Gasteiger partial charge in [-0.15, -0.1) is 0 Å². The highest BCUT2D eigenvalue weighted by Crippen LogP contribution is 2.18. The fourth-order valence-corrected chi connectivity index (χ4v) is 2.32. The van der Waals surface area contributed by atoms with Crippen LogP contribution in [0.25, 0.3) is 12.2 Å². The Morgan fingerprint density at radius 3 is 2.83 bits per heavy atom. The Morgan fingerprint density at radius 1 is 1.30 bits per heavy atom. The van der Waals surface area contributed by atoms with Crippen molar-refractivity contribution in [1.29, 1.82) is 0 Å². The molecule has 0 saturated carbocycles. The van der Waals surface area contributed by atoms with Crippen molar-refractivity contribution >= 4 is 12.2 Å². The maximum absolute atomic E-state index is 4.12. The molecule has 0 bridgehead atoms. The first-order valence-electron chi connectivity index (χ1n) is 8.01. The van der Waals surface area contributed by atoms with Gasteiger partial charge in [0.15, 0.2) is 0 Å². The first-order chi connectivity index (χ1) is 11.3. The molecule has 0 aliphatic heterocycles. The average molecular weight is 311 g/mol. The van der Waals surface area contributed by atoms with Gasteiger partial charge in [-0.1, -0.05) is 38.5 Å². The van der Waals surface area contributed by atoms with E-state index in [4.69, 9.17) is 0 Å². The van der Waals surface area contributed by atoms with Crippen LogP contribution in [-0.4, -0.2) is 20.4 Å². The lowest BCUT2D eigenvalue weighted by Gasteiger charge is -2.12. The smallest absolute Gasteiger partial charge is 0.0725 e. The molecule has 0 saturated heterocycles. The summed E-state index contributed by atoms with van der Waals surface area (Å²) in [6, 6.07) is 0.0981. The summed E-state index contributed by atoms with van der Waals surface area (Å²) in [4.78, 5) is 0. The molecule has 122 valence electrons. The SMILES string of the molecule is C=Cc1[nH]ncc1/C=C/NC(/C=C/CCCC)c1cn[nH]c1C. The lowest BCUT2D eigenvalue weighted by atomic mass is 10.1. The van der Waals surface area contributed by atoms with Crippen LogP contribution in [0.4, 0.5) is 0 Å². The topological polar surface area (TPSA) is 69.4 Å². The van der Waals surface area contributed by atoms with Gasteiger partial charge in [-0.3, -0.25) is 10.2 Å². The number of aromatic amines is 2. The lowest BCUT2D eigenvalue weighted by molar-refractivity contribution is 0.741. The predicted octanol–water partition coefficient (Wildman–Crippen LogP) is 4.13. The maximum Gasteiger partial charge on any atom is 0.0725 e. The third kappa shape index (κ3) is 4.71. The minimum absolute atomic E-state index is 0.0981. The molecule has 3 N–H and O–H groups in total. The van der Waals surface area contributed by atoms with E-state index in [0.717, 1.165) is 28.9 Å². The van der Waals surface area contributed by atoms with Gasteiger partial charge in [-0.25, -0.2) is 0 Å². The Hall–Kier alpha value is -2.56. The largest absolute Gasteiger partial charge is 0.380 e. The molecule has 2 aromatic rings. The summed E-state index contributed by atoms with van der Waals surface area (Å²) >= 11 is 0. The van der Waals surface area contributed by atoms with Crippen LogP contribution in [-0.2, 0) is 0 Å². The van der Waals surface area contributed by atoms with Gasteiger partial charge in [0, 0.05) is 16.8 Å². The quantitative estimate of drug-likeness (QED) is 0.481. The molecule has 0 aliphatic carbocycles. The number of rotatable bonds is 9. The zero-order chi connectivity index (χ0) is 16.5. The number of H-pyrrole nitrogens is 2. The molecule has 2 heterocycles. The minimum atomic E-state index is 0.0981. The summed E-state index contributed by atoms with van der Waals surface area (Å²) in [6.45, 7) is 8.01. The molecule has 23 heavy (non-hydrogen) atoms. The Kier molecular flexibility index (Phi) is 6.41. The number of hydrogen-bond donors (Lipinski definition) is 3. The lowest BCUT2D eigenvalue weighted by Crippen LogP contribution is -2.13. The van der Waals surface area contributed by atoms with Crippen LogP contribution in [0.15, 0.2) is 37.3 Å². The molecular formula is C18H25N5. The Morgan fingerprint density at radius 2 is 2.13 bits per heavy atom. The van der Waals surface area contributed by atoms with Crippen molar-refractivity contribution in [2.24, 2.45) is 0 Å². The number of hydrogen-bond acceptors (Lipinski definition) is 3. The first-order valence-corrected chi connectivity index (χ1v) is 8.01. The Balaban J connectivity index is 2.07. The molecule has 0 radical (unpaired) electrons. The highest BCUT2D eigenvalue weighted by Gasteiger charge is 2.10. The molecule has 1 atom stereocenters. The fraction of sp³-hybridized carbons (Fsp3) is 0.333. The average Bonchev–Trinajstić information content (AvgIpc) is 3.18. The number of aromatic nitrogens is 4. The van der Waals surface area contributed by atoms with Crippen LogP contribution in [0.5, 0.6) is 0 Å². The third-order valence-corrected chi connectivity index (χ3v) is 3.70. The van der Waals surface area contributed by atoms with E-state index in [2.05, 4.69) is 51.4 Å². The van der Waals surface area contributed by atoms with E-state index < -0.39 is 0 Å². The summed E-state index contributed by atoms with van der Waals surface area (Å²) in [5.41, 5.74) is 4.15. The summed E-state index contributed by atoms with van der Waals surface area (Å²) in [6.07, 6.45) is 17.3. The summed E-state index contributed by atoms with van der Waals surface area (Å²) in [7, 11) is 0. The van der Waals surface area contributed by atoms with Crippen LogP contribution in [0.1, 0.15) is 54.7 Å². The van der Waals surface area contributed by atoms with Gasteiger partial charge in [0.25, 0.3) is 0 Å². The zero-order valence-electron chi connectivity index (χ0n) is 13.8. The highest BCUT2D eigenvalue weighted by molar-refractivity contribution is 5.60. The van der Waals surface area contributed by atoms with Crippen molar-refractivity contribution in [1.82, 2.24) is 25.7 Å². The molecule has 5 heteroatoms. The molecule has 0 amide bonds. The normalized spacial score (nSPS) is 13.0. The second kappa shape index (κ2) is 8.78. The van der Waals surface area contributed by atoms with Gasteiger partial charge < -0.3 is 5.32 Å². The number of allylic oxidation sites excluding steroid dienone is 1.